The van der Waals surface area contributed by atoms with E-state index in [1.165, 1.54) is 10.6 Å². The van der Waals surface area contributed by atoms with Gasteiger partial charge in [-0.1, -0.05) is 6.07 Å². The topological polar surface area (TPSA) is 51.1 Å². The van der Waals surface area contributed by atoms with Crippen LogP contribution in [0, 0.1) is 0 Å². The third kappa shape index (κ3) is 3.54. The number of hydrogen-bond donors (Lipinski definition) is 1. The standard InChI is InChI=1S/C12H11BrN2O2S/c13-10-5-9(8-18-10)6-14-11(16)7-15-4-2-1-3-12(15)17/h1-5,8H,6-7H2,(H,14,16). The Kier molecular flexibility index (Phi) is 4.33. The molecule has 2 heterocycles. The first kappa shape index (κ1) is 13.0. The molecule has 2 aromatic rings. The normalized spacial score (nSPS) is 10.3. The number of rotatable bonds is 4. The molecule has 6 heteroatoms. The smallest absolute Gasteiger partial charge is 0.250 e. The second-order valence-corrected chi connectivity index (χ2v) is 5.99. The Morgan fingerprint density at radius 1 is 1.44 bits per heavy atom. The van der Waals surface area contributed by atoms with Gasteiger partial charge in [-0.3, -0.25) is 9.59 Å². The average molecular weight is 327 g/mol. The van der Waals surface area contributed by atoms with Crippen LogP contribution in [0.4, 0.5) is 0 Å². The molecule has 1 N–H and O–H groups in total. The Bertz CT molecular complexity index is 606. The van der Waals surface area contributed by atoms with E-state index in [0.29, 0.717) is 6.54 Å². The molecule has 0 fully saturated rings. The van der Waals surface area contributed by atoms with Gasteiger partial charge in [0.25, 0.3) is 5.56 Å². The van der Waals surface area contributed by atoms with Gasteiger partial charge < -0.3 is 9.88 Å². The number of amides is 1. The molecule has 0 aromatic carbocycles. The first-order chi connectivity index (χ1) is 8.65. The largest absolute Gasteiger partial charge is 0.350 e. The predicted molar refractivity (Wildman–Crippen MR) is 74.6 cm³/mol. The van der Waals surface area contributed by atoms with Crippen molar-refractivity contribution < 1.29 is 4.79 Å². The molecule has 0 bridgehead atoms. The van der Waals surface area contributed by atoms with E-state index in [2.05, 4.69) is 21.2 Å². The Hall–Kier alpha value is -1.40. The number of halogens is 1. The van der Waals surface area contributed by atoms with Gasteiger partial charge in [0, 0.05) is 18.8 Å². The van der Waals surface area contributed by atoms with E-state index < -0.39 is 0 Å². The van der Waals surface area contributed by atoms with E-state index in [-0.39, 0.29) is 18.0 Å². The fourth-order valence-electron chi connectivity index (χ4n) is 1.44. The molecule has 18 heavy (non-hydrogen) atoms. The molecule has 0 saturated carbocycles. The SMILES string of the molecule is O=C(Cn1ccccc1=O)NCc1csc(Br)c1. The third-order valence-electron chi connectivity index (χ3n) is 2.32. The number of carbonyl (C=O) groups is 1. The van der Waals surface area contributed by atoms with Gasteiger partial charge in [-0.15, -0.1) is 11.3 Å². The monoisotopic (exact) mass is 326 g/mol. The van der Waals surface area contributed by atoms with Crippen LogP contribution in [0.1, 0.15) is 5.56 Å². The van der Waals surface area contributed by atoms with Crippen LogP contribution in [0.3, 0.4) is 0 Å². The molecular weight excluding hydrogens is 316 g/mol. The summed E-state index contributed by atoms with van der Waals surface area (Å²) in [7, 11) is 0. The summed E-state index contributed by atoms with van der Waals surface area (Å²) >= 11 is 4.94. The van der Waals surface area contributed by atoms with Crippen molar-refractivity contribution in [2.45, 2.75) is 13.1 Å². The molecule has 0 radical (unpaired) electrons. The maximum Gasteiger partial charge on any atom is 0.250 e. The van der Waals surface area contributed by atoms with Gasteiger partial charge in [0.2, 0.25) is 5.91 Å². The van der Waals surface area contributed by atoms with Gasteiger partial charge in [-0.05, 0) is 39.0 Å². The fraction of sp³-hybridized carbons (Fsp3) is 0.167. The van der Waals surface area contributed by atoms with E-state index >= 15 is 0 Å². The number of aromatic nitrogens is 1. The minimum absolute atomic E-state index is 0.0466. The lowest BCUT2D eigenvalue weighted by Gasteiger charge is -2.05. The number of pyridine rings is 1. The van der Waals surface area contributed by atoms with Crippen molar-refractivity contribution in [3.8, 4) is 0 Å². The van der Waals surface area contributed by atoms with E-state index in [9.17, 15) is 9.59 Å². The zero-order valence-electron chi connectivity index (χ0n) is 9.43. The molecule has 0 aliphatic heterocycles. The highest BCUT2D eigenvalue weighted by molar-refractivity contribution is 9.11. The number of carbonyl (C=O) groups excluding carboxylic acids is 1. The first-order valence-electron chi connectivity index (χ1n) is 5.30. The van der Waals surface area contributed by atoms with Crippen LogP contribution in [0.15, 0.2) is 44.4 Å². The van der Waals surface area contributed by atoms with Gasteiger partial charge in [-0.25, -0.2) is 0 Å². The second kappa shape index (κ2) is 5.97. The molecule has 0 aliphatic rings. The number of nitrogens with one attached hydrogen (secondary N) is 1. The highest BCUT2D eigenvalue weighted by Gasteiger charge is 2.04. The molecule has 4 nitrogen and oxygen atoms in total. The highest BCUT2D eigenvalue weighted by atomic mass is 79.9. The van der Waals surface area contributed by atoms with Gasteiger partial charge in [-0.2, -0.15) is 0 Å². The quantitative estimate of drug-likeness (QED) is 0.934. The Morgan fingerprint density at radius 2 is 2.28 bits per heavy atom. The van der Waals surface area contributed by atoms with Gasteiger partial charge in [0.1, 0.15) is 6.54 Å². The molecule has 0 atom stereocenters. The summed E-state index contributed by atoms with van der Waals surface area (Å²) in [5.41, 5.74) is 0.867. The number of nitrogens with zero attached hydrogens (tertiary/aromatic N) is 1. The van der Waals surface area contributed by atoms with Crippen LogP contribution in [0.2, 0.25) is 0 Å². The molecule has 0 spiro atoms. The van der Waals surface area contributed by atoms with Gasteiger partial charge >= 0.3 is 0 Å². The van der Waals surface area contributed by atoms with Crippen molar-refractivity contribution in [3.05, 3.63) is 55.5 Å². The lowest BCUT2D eigenvalue weighted by molar-refractivity contribution is -0.121. The summed E-state index contributed by atoms with van der Waals surface area (Å²) in [6, 6.07) is 6.77. The van der Waals surface area contributed by atoms with Crippen molar-refractivity contribution in [1.82, 2.24) is 9.88 Å². The molecule has 0 aliphatic carbocycles. The molecule has 0 saturated heterocycles. The summed E-state index contributed by atoms with van der Waals surface area (Å²) in [5.74, 6) is -0.175. The van der Waals surface area contributed by atoms with Gasteiger partial charge in [0.15, 0.2) is 0 Å². The van der Waals surface area contributed by atoms with E-state index in [1.54, 1.807) is 29.7 Å². The van der Waals surface area contributed by atoms with Crippen LogP contribution >= 0.6 is 27.3 Å². The minimum atomic E-state index is -0.175. The highest BCUT2D eigenvalue weighted by Crippen LogP contribution is 2.20. The van der Waals surface area contributed by atoms with Crippen LogP contribution in [0.25, 0.3) is 0 Å². The summed E-state index contributed by atoms with van der Waals surface area (Å²) in [5, 5.41) is 4.75. The first-order valence-corrected chi connectivity index (χ1v) is 6.97. The third-order valence-corrected chi connectivity index (χ3v) is 3.88. The van der Waals surface area contributed by atoms with E-state index in [4.69, 9.17) is 0 Å². The van der Waals surface area contributed by atoms with Crippen molar-refractivity contribution in [1.29, 1.82) is 0 Å². The molecule has 2 rings (SSSR count). The predicted octanol–water partition coefficient (Wildman–Crippen LogP) is 1.99. The number of thiophene rings is 1. The summed E-state index contributed by atoms with van der Waals surface area (Å²) in [6.45, 7) is 0.521. The Morgan fingerprint density at radius 3 is 2.94 bits per heavy atom. The van der Waals surface area contributed by atoms with Crippen LogP contribution in [-0.4, -0.2) is 10.5 Å². The summed E-state index contributed by atoms with van der Waals surface area (Å²) in [4.78, 5) is 23.1. The molecule has 1 amide bonds. The lowest BCUT2D eigenvalue weighted by atomic mass is 10.3. The average Bonchev–Trinajstić information content (AvgIpc) is 2.76. The van der Waals surface area contributed by atoms with Crippen molar-refractivity contribution in [2.75, 3.05) is 0 Å². The van der Waals surface area contributed by atoms with Crippen molar-refractivity contribution in [2.24, 2.45) is 0 Å². The summed E-state index contributed by atoms with van der Waals surface area (Å²) < 4.78 is 2.41. The maximum absolute atomic E-state index is 11.7. The van der Waals surface area contributed by atoms with Crippen LogP contribution < -0.4 is 10.9 Å². The number of hydrogen-bond acceptors (Lipinski definition) is 3. The summed E-state index contributed by atoms with van der Waals surface area (Å²) in [6.07, 6.45) is 1.60. The molecular formula is C12H11BrN2O2S. The van der Waals surface area contributed by atoms with E-state index in [0.717, 1.165) is 9.35 Å². The minimum Gasteiger partial charge on any atom is -0.350 e. The van der Waals surface area contributed by atoms with Crippen LogP contribution in [0.5, 0.6) is 0 Å². The molecule has 2 aromatic heterocycles. The molecule has 94 valence electrons. The fourth-order valence-corrected chi connectivity index (χ4v) is 2.65. The Labute approximate surface area is 116 Å². The molecule has 0 unspecified atom stereocenters. The second-order valence-electron chi connectivity index (χ2n) is 3.70. The van der Waals surface area contributed by atoms with Crippen molar-refractivity contribution in [3.63, 3.8) is 0 Å². The Balaban J connectivity index is 1.90. The maximum atomic E-state index is 11.7. The van der Waals surface area contributed by atoms with Crippen molar-refractivity contribution >= 4 is 33.2 Å². The van der Waals surface area contributed by atoms with E-state index in [1.807, 2.05) is 11.4 Å². The lowest BCUT2D eigenvalue weighted by Crippen LogP contribution is -2.31. The zero-order valence-corrected chi connectivity index (χ0v) is 11.8. The zero-order chi connectivity index (χ0) is 13.0. The van der Waals surface area contributed by atoms with Crippen LogP contribution in [-0.2, 0) is 17.9 Å². The van der Waals surface area contributed by atoms with Gasteiger partial charge in [0.05, 0.1) is 3.79 Å².